The fourth-order valence-corrected chi connectivity index (χ4v) is 2.49. The molecule has 6 heteroatoms. The summed E-state index contributed by atoms with van der Waals surface area (Å²) in [6, 6.07) is 4.20. The molecule has 1 rings (SSSR count). The van der Waals surface area contributed by atoms with Crippen molar-refractivity contribution in [3.05, 3.63) is 23.8 Å². The van der Waals surface area contributed by atoms with Crippen LogP contribution < -0.4 is 0 Å². The van der Waals surface area contributed by atoms with Gasteiger partial charge in [0, 0.05) is 6.07 Å². The van der Waals surface area contributed by atoms with Crippen LogP contribution in [0, 0.1) is 6.92 Å². The predicted octanol–water partition coefficient (Wildman–Crippen LogP) is 1.11. The lowest BCUT2D eigenvalue weighted by molar-refractivity contribution is -0.870. The first-order chi connectivity index (χ1) is 8.12. The van der Waals surface area contributed by atoms with E-state index in [1.165, 1.54) is 12.1 Å². The molecule has 0 fully saturated rings. The third-order valence-electron chi connectivity index (χ3n) is 2.44. The average Bonchev–Trinajstić information content (AvgIpc) is 2.19. The molecule has 0 aromatic heterocycles. The SMILES string of the molecule is Cc1ccc(O)cc1S(=O)(=O)OCC[N+](C)(C)C. The van der Waals surface area contributed by atoms with Crippen LogP contribution in [0.5, 0.6) is 5.75 Å². The number of rotatable bonds is 5. The number of nitrogens with zero attached hydrogens (tertiary/aromatic N) is 1. The van der Waals surface area contributed by atoms with E-state index < -0.39 is 10.1 Å². The van der Waals surface area contributed by atoms with Gasteiger partial charge in [-0.25, -0.2) is 0 Å². The van der Waals surface area contributed by atoms with Crippen LogP contribution in [0.1, 0.15) is 5.56 Å². The van der Waals surface area contributed by atoms with Crippen molar-refractivity contribution in [3.63, 3.8) is 0 Å². The first-order valence-corrected chi connectivity index (χ1v) is 7.02. The van der Waals surface area contributed by atoms with Crippen LogP contribution in [-0.2, 0) is 14.3 Å². The summed E-state index contributed by atoms with van der Waals surface area (Å²) in [7, 11) is 2.06. The molecule has 0 unspecified atom stereocenters. The summed E-state index contributed by atoms with van der Waals surface area (Å²) < 4.78 is 29.5. The third-order valence-corrected chi connectivity index (χ3v) is 3.90. The average molecular weight is 274 g/mol. The van der Waals surface area contributed by atoms with E-state index in [0.29, 0.717) is 16.6 Å². The van der Waals surface area contributed by atoms with E-state index in [1.54, 1.807) is 13.0 Å². The Labute approximate surface area is 108 Å². The van der Waals surface area contributed by atoms with Crippen molar-refractivity contribution in [2.45, 2.75) is 11.8 Å². The number of likely N-dealkylation sites (N-methyl/N-ethyl adjacent to an activating group) is 1. The summed E-state index contributed by atoms with van der Waals surface area (Å²) in [5.74, 6) is -0.0885. The van der Waals surface area contributed by atoms with Gasteiger partial charge in [-0.3, -0.25) is 4.18 Å². The molecule has 1 N–H and O–H groups in total. The Hall–Kier alpha value is -1.11. The normalized spacial score (nSPS) is 12.7. The number of quaternary nitrogens is 1. The van der Waals surface area contributed by atoms with Gasteiger partial charge in [-0.05, 0) is 18.6 Å². The Morgan fingerprint density at radius 1 is 1.28 bits per heavy atom. The van der Waals surface area contributed by atoms with Crippen molar-refractivity contribution < 1.29 is 22.2 Å². The number of phenols is 1. The van der Waals surface area contributed by atoms with Crippen molar-refractivity contribution in [2.24, 2.45) is 0 Å². The standard InChI is InChI=1S/C12H19NO4S/c1-10-5-6-11(14)9-12(10)18(15,16)17-8-7-13(2,3)4/h5-6,9H,7-8H2,1-4H3/p+1. The molecule has 0 aliphatic heterocycles. The van der Waals surface area contributed by atoms with Gasteiger partial charge < -0.3 is 9.59 Å². The fraction of sp³-hybridized carbons (Fsp3) is 0.500. The molecular weight excluding hydrogens is 254 g/mol. The van der Waals surface area contributed by atoms with Gasteiger partial charge >= 0.3 is 0 Å². The minimum atomic E-state index is -3.81. The highest BCUT2D eigenvalue weighted by Gasteiger charge is 2.20. The lowest BCUT2D eigenvalue weighted by Gasteiger charge is -2.23. The Balaban J connectivity index is 2.84. The zero-order chi connectivity index (χ0) is 14.0. The van der Waals surface area contributed by atoms with Crippen LogP contribution >= 0.6 is 0 Å². The van der Waals surface area contributed by atoms with Crippen molar-refractivity contribution in [1.29, 1.82) is 0 Å². The van der Waals surface area contributed by atoms with Crippen LogP contribution in [0.25, 0.3) is 0 Å². The molecule has 0 bridgehead atoms. The minimum Gasteiger partial charge on any atom is -0.508 e. The molecule has 0 radical (unpaired) electrons. The molecule has 0 aliphatic rings. The number of hydrogen-bond donors (Lipinski definition) is 1. The molecule has 0 saturated heterocycles. The van der Waals surface area contributed by atoms with Crippen LogP contribution in [-0.4, -0.2) is 52.3 Å². The van der Waals surface area contributed by atoms with E-state index in [0.717, 1.165) is 0 Å². The molecule has 102 valence electrons. The molecule has 0 heterocycles. The Morgan fingerprint density at radius 3 is 2.44 bits per heavy atom. The van der Waals surface area contributed by atoms with E-state index in [1.807, 2.05) is 21.1 Å². The lowest BCUT2D eigenvalue weighted by Crippen LogP contribution is -2.38. The topological polar surface area (TPSA) is 63.6 Å². The maximum Gasteiger partial charge on any atom is 0.297 e. The van der Waals surface area contributed by atoms with E-state index in [-0.39, 0.29) is 17.3 Å². The first-order valence-electron chi connectivity index (χ1n) is 5.61. The molecule has 18 heavy (non-hydrogen) atoms. The summed E-state index contributed by atoms with van der Waals surface area (Å²) >= 11 is 0. The van der Waals surface area contributed by atoms with Gasteiger partial charge in [-0.2, -0.15) is 8.42 Å². The number of benzene rings is 1. The number of hydrogen-bond acceptors (Lipinski definition) is 4. The second-order valence-electron chi connectivity index (χ2n) is 5.24. The van der Waals surface area contributed by atoms with Gasteiger partial charge in [0.15, 0.2) is 0 Å². The van der Waals surface area contributed by atoms with Gasteiger partial charge in [0.1, 0.15) is 23.8 Å². The largest absolute Gasteiger partial charge is 0.508 e. The Bertz CT molecular complexity index is 517. The molecule has 0 saturated carbocycles. The highest BCUT2D eigenvalue weighted by molar-refractivity contribution is 7.86. The zero-order valence-corrected chi connectivity index (χ0v) is 12.0. The second-order valence-corrected chi connectivity index (χ2v) is 6.82. The maximum absolute atomic E-state index is 12.0. The Kier molecular flexibility index (Phi) is 4.37. The van der Waals surface area contributed by atoms with Crippen LogP contribution in [0.3, 0.4) is 0 Å². The highest BCUT2D eigenvalue weighted by atomic mass is 32.2. The van der Waals surface area contributed by atoms with Crippen LogP contribution in [0.4, 0.5) is 0 Å². The number of phenolic OH excluding ortho intramolecular Hbond substituents is 1. The highest BCUT2D eigenvalue weighted by Crippen LogP contribution is 2.22. The summed E-state index contributed by atoms with van der Waals surface area (Å²) in [5.41, 5.74) is 0.554. The molecule has 5 nitrogen and oxygen atoms in total. The van der Waals surface area contributed by atoms with Crippen molar-refractivity contribution in [1.82, 2.24) is 0 Å². The minimum absolute atomic E-state index is 0.0175. The predicted molar refractivity (Wildman–Crippen MR) is 68.9 cm³/mol. The second kappa shape index (κ2) is 5.26. The first kappa shape index (κ1) is 14.9. The van der Waals surface area contributed by atoms with E-state index in [2.05, 4.69) is 0 Å². The van der Waals surface area contributed by atoms with Gasteiger partial charge in [-0.15, -0.1) is 0 Å². The number of aryl methyl sites for hydroxylation is 1. The smallest absolute Gasteiger partial charge is 0.297 e. The molecule has 0 aliphatic carbocycles. The van der Waals surface area contributed by atoms with Gasteiger partial charge in [0.25, 0.3) is 10.1 Å². The fourth-order valence-electron chi connectivity index (χ4n) is 1.34. The van der Waals surface area contributed by atoms with Crippen molar-refractivity contribution in [3.8, 4) is 5.75 Å². The van der Waals surface area contributed by atoms with Crippen LogP contribution in [0.2, 0.25) is 0 Å². The summed E-state index contributed by atoms with van der Waals surface area (Å²) in [5, 5.41) is 9.33. The van der Waals surface area contributed by atoms with Crippen molar-refractivity contribution >= 4 is 10.1 Å². The molecule has 0 spiro atoms. The molecule has 1 aromatic carbocycles. The van der Waals surface area contributed by atoms with E-state index >= 15 is 0 Å². The molecule has 0 atom stereocenters. The summed E-state index contributed by atoms with van der Waals surface area (Å²) in [6.45, 7) is 2.35. The molecule has 0 amide bonds. The van der Waals surface area contributed by atoms with Gasteiger partial charge in [-0.1, -0.05) is 6.07 Å². The van der Waals surface area contributed by atoms with Crippen LogP contribution in [0.15, 0.2) is 23.1 Å². The van der Waals surface area contributed by atoms with E-state index in [9.17, 15) is 13.5 Å². The van der Waals surface area contributed by atoms with E-state index in [4.69, 9.17) is 4.18 Å². The van der Waals surface area contributed by atoms with Crippen molar-refractivity contribution in [2.75, 3.05) is 34.3 Å². The Morgan fingerprint density at radius 2 is 1.89 bits per heavy atom. The molecular formula is C12H20NO4S+. The third kappa shape index (κ3) is 4.29. The van der Waals surface area contributed by atoms with Gasteiger partial charge in [0.2, 0.25) is 0 Å². The lowest BCUT2D eigenvalue weighted by atomic mass is 10.2. The summed E-state index contributed by atoms with van der Waals surface area (Å²) in [6.07, 6.45) is 0. The monoisotopic (exact) mass is 274 g/mol. The van der Waals surface area contributed by atoms with Gasteiger partial charge in [0.05, 0.1) is 21.1 Å². The molecule has 1 aromatic rings. The number of aromatic hydroxyl groups is 1. The zero-order valence-electron chi connectivity index (χ0n) is 11.2. The maximum atomic E-state index is 12.0. The quantitative estimate of drug-likeness (QED) is 0.645. The summed E-state index contributed by atoms with van der Waals surface area (Å²) in [4.78, 5) is 0.0175.